The number of carbonyl (C=O) groups excluding carboxylic acids is 4. The molecular weight excluding hydrogens is 715 g/mol. The van der Waals surface area contributed by atoms with Crippen molar-refractivity contribution >= 4 is 90.5 Å². The third-order valence-electron chi connectivity index (χ3n) is 9.01. The van der Waals surface area contributed by atoms with E-state index in [9.17, 15) is 24.3 Å². The largest absolute Gasteiger partial charge is 0.503 e. The van der Waals surface area contributed by atoms with E-state index in [1.54, 1.807) is 42.5 Å². The number of amides is 4. The van der Waals surface area contributed by atoms with Crippen LogP contribution in [0, 0.1) is 17.8 Å². The molecule has 2 aliphatic carbocycles. The SMILES string of the molecule is C=Cc1ccc(N2C(=O)C3CC=C4C(CC5(Cl)C(=O)N(CBr)C(=O)C5(Cl)C4c4cc(Br)c(O)c(OC)c4)C3C2=O)cc1. The van der Waals surface area contributed by atoms with Crippen LogP contribution in [-0.4, -0.2) is 55.9 Å². The van der Waals surface area contributed by atoms with Gasteiger partial charge in [-0.1, -0.05) is 52.4 Å². The van der Waals surface area contributed by atoms with Crippen molar-refractivity contribution in [3.8, 4) is 11.5 Å². The lowest BCUT2D eigenvalue weighted by molar-refractivity contribution is -0.138. The normalized spacial score (nSPS) is 32.0. The van der Waals surface area contributed by atoms with Gasteiger partial charge < -0.3 is 9.84 Å². The van der Waals surface area contributed by atoms with E-state index in [1.807, 2.05) is 6.08 Å². The highest BCUT2D eigenvalue weighted by Crippen LogP contribution is 2.66. The van der Waals surface area contributed by atoms with Gasteiger partial charge in [0.15, 0.2) is 21.2 Å². The molecule has 8 nitrogen and oxygen atoms in total. The number of anilines is 1. The van der Waals surface area contributed by atoms with E-state index in [-0.39, 0.29) is 40.2 Å². The van der Waals surface area contributed by atoms with Crippen molar-refractivity contribution in [2.45, 2.75) is 28.5 Å². The maximum atomic E-state index is 14.1. The molecule has 0 spiro atoms. The average molecular weight is 739 g/mol. The fraction of sp³-hybridized carbons (Fsp3) is 0.333. The fourth-order valence-electron chi connectivity index (χ4n) is 7.06. The summed E-state index contributed by atoms with van der Waals surface area (Å²) in [6.07, 6.45) is 3.64. The van der Waals surface area contributed by atoms with Gasteiger partial charge in [-0.25, -0.2) is 0 Å². The number of benzene rings is 2. The lowest BCUT2D eigenvalue weighted by Gasteiger charge is -2.50. The Morgan fingerprint density at radius 3 is 2.40 bits per heavy atom. The number of rotatable bonds is 5. The van der Waals surface area contributed by atoms with Gasteiger partial charge in [-0.15, -0.1) is 23.2 Å². The monoisotopic (exact) mass is 736 g/mol. The number of phenolic OH excluding ortho intramolecular Hbond substituents is 1. The van der Waals surface area contributed by atoms with Crippen molar-refractivity contribution in [2.24, 2.45) is 17.8 Å². The van der Waals surface area contributed by atoms with E-state index in [4.69, 9.17) is 27.9 Å². The molecule has 218 valence electrons. The second-order valence-electron chi connectivity index (χ2n) is 10.8. The van der Waals surface area contributed by atoms with Gasteiger partial charge in [0, 0.05) is 5.92 Å². The van der Waals surface area contributed by atoms with Crippen LogP contribution in [-0.2, 0) is 19.2 Å². The molecule has 12 heteroatoms. The molecule has 2 aromatic rings. The average Bonchev–Trinajstić information content (AvgIpc) is 3.32. The molecular formula is C30H24Br2Cl2N2O6. The Kier molecular flexibility index (Phi) is 7.15. The molecule has 6 atom stereocenters. The quantitative estimate of drug-likeness (QED) is 0.182. The highest BCUT2D eigenvalue weighted by molar-refractivity contribution is 9.10. The predicted octanol–water partition coefficient (Wildman–Crippen LogP) is 5.72. The summed E-state index contributed by atoms with van der Waals surface area (Å²) in [6, 6.07) is 10.1. The highest BCUT2D eigenvalue weighted by atomic mass is 79.9. The van der Waals surface area contributed by atoms with Gasteiger partial charge in [-0.2, -0.15) is 0 Å². The molecule has 4 amide bonds. The zero-order valence-corrected chi connectivity index (χ0v) is 26.8. The predicted molar refractivity (Wildman–Crippen MR) is 165 cm³/mol. The van der Waals surface area contributed by atoms with Gasteiger partial charge in [0.1, 0.15) is 0 Å². The molecule has 0 radical (unpaired) electrons. The summed E-state index contributed by atoms with van der Waals surface area (Å²) in [5, 5.41) is 10.5. The van der Waals surface area contributed by atoms with Crippen molar-refractivity contribution in [3.63, 3.8) is 0 Å². The van der Waals surface area contributed by atoms with Gasteiger partial charge >= 0.3 is 0 Å². The van der Waals surface area contributed by atoms with E-state index in [2.05, 4.69) is 38.4 Å². The summed E-state index contributed by atoms with van der Waals surface area (Å²) in [5.74, 6) is -5.26. The van der Waals surface area contributed by atoms with Crippen molar-refractivity contribution in [1.29, 1.82) is 0 Å². The molecule has 2 saturated heterocycles. The Hall–Kier alpha value is -2.66. The van der Waals surface area contributed by atoms with E-state index in [0.29, 0.717) is 16.8 Å². The summed E-state index contributed by atoms with van der Waals surface area (Å²) in [5.41, 5.74) is 2.26. The number of likely N-dealkylation sites (tertiary alicyclic amines) is 1. The Balaban J connectivity index is 1.52. The molecule has 2 aliphatic heterocycles. The van der Waals surface area contributed by atoms with Crippen molar-refractivity contribution in [3.05, 3.63) is 70.2 Å². The molecule has 1 N–H and O–H groups in total. The minimum atomic E-state index is -1.96. The molecule has 42 heavy (non-hydrogen) atoms. The molecule has 4 aliphatic rings. The summed E-state index contributed by atoms with van der Waals surface area (Å²) < 4.78 is 5.66. The molecule has 3 fully saturated rings. The van der Waals surface area contributed by atoms with Crippen LogP contribution in [0.1, 0.15) is 29.9 Å². The number of nitrogens with zero attached hydrogens (tertiary/aromatic N) is 2. The van der Waals surface area contributed by atoms with E-state index < -0.39 is 51.1 Å². The van der Waals surface area contributed by atoms with Crippen molar-refractivity contribution in [1.82, 2.24) is 4.90 Å². The summed E-state index contributed by atoms with van der Waals surface area (Å²) >= 11 is 21.1. The Morgan fingerprint density at radius 1 is 1.10 bits per heavy atom. The van der Waals surface area contributed by atoms with Crippen molar-refractivity contribution < 1.29 is 29.0 Å². The second-order valence-corrected chi connectivity index (χ2v) is 13.4. The molecule has 2 heterocycles. The minimum Gasteiger partial charge on any atom is -0.503 e. The van der Waals surface area contributed by atoms with Crippen LogP contribution in [0.15, 0.2) is 59.1 Å². The minimum absolute atomic E-state index is 0.117. The first kappa shape index (κ1) is 29.4. The number of hydrogen-bond acceptors (Lipinski definition) is 6. The lowest BCUT2D eigenvalue weighted by atomic mass is 9.56. The van der Waals surface area contributed by atoms with E-state index in [0.717, 1.165) is 10.5 Å². The number of halogens is 4. The van der Waals surface area contributed by atoms with Crippen molar-refractivity contribution in [2.75, 3.05) is 17.5 Å². The number of fused-ring (bicyclic) bond motifs is 4. The standard InChI is InChI=1S/C30H24Br2Cl2N2O6/c1-3-14-4-6-16(7-5-14)36-25(38)18-9-8-17-19(22(18)26(36)39)12-29(33)27(40)35(13-31)28(41)30(29,34)23(17)15-10-20(32)24(37)21(11-15)42-2/h3-8,10-11,18-19,22-23,37H,1,9,12-13H2,2H3. The number of hydrogen-bond donors (Lipinski definition) is 1. The number of carbonyl (C=O) groups is 4. The number of ether oxygens (including phenoxy) is 1. The van der Waals surface area contributed by atoms with E-state index in [1.165, 1.54) is 12.0 Å². The maximum absolute atomic E-state index is 14.1. The summed E-state index contributed by atoms with van der Waals surface area (Å²) in [4.78, 5) is 53.8. The number of allylic oxidation sites excluding steroid dienone is 2. The summed E-state index contributed by atoms with van der Waals surface area (Å²) in [7, 11) is 1.39. The zero-order valence-electron chi connectivity index (χ0n) is 22.2. The number of methoxy groups -OCH3 is 1. The fourth-order valence-corrected chi connectivity index (χ4v) is 8.94. The van der Waals surface area contributed by atoms with Gasteiger partial charge in [-0.3, -0.25) is 29.0 Å². The molecule has 6 rings (SSSR count). The van der Waals surface area contributed by atoms with Crippen LogP contribution in [0.25, 0.3) is 6.08 Å². The smallest absolute Gasteiger partial charge is 0.254 e. The molecule has 1 saturated carbocycles. The first-order valence-electron chi connectivity index (χ1n) is 13.1. The Bertz CT molecular complexity index is 1610. The van der Waals surface area contributed by atoms with Crippen LogP contribution in [0.5, 0.6) is 11.5 Å². The van der Waals surface area contributed by atoms with Gasteiger partial charge in [-0.05, 0) is 70.1 Å². The number of phenols is 1. The topological polar surface area (TPSA) is 104 Å². The van der Waals surface area contributed by atoms with Crippen LogP contribution in [0.3, 0.4) is 0 Å². The molecule has 2 aromatic carbocycles. The van der Waals surface area contributed by atoms with Crippen LogP contribution in [0.2, 0.25) is 0 Å². The van der Waals surface area contributed by atoms with Gasteiger partial charge in [0.25, 0.3) is 11.8 Å². The van der Waals surface area contributed by atoms with Gasteiger partial charge in [0.2, 0.25) is 11.8 Å². The molecule has 0 bridgehead atoms. The van der Waals surface area contributed by atoms with Crippen LogP contribution >= 0.6 is 55.1 Å². The highest BCUT2D eigenvalue weighted by Gasteiger charge is 2.76. The summed E-state index contributed by atoms with van der Waals surface area (Å²) in [6.45, 7) is 3.75. The third-order valence-corrected chi connectivity index (χ3v) is 11.5. The third kappa shape index (κ3) is 3.77. The molecule has 0 aromatic heterocycles. The lowest BCUT2D eigenvalue weighted by Crippen LogP contribution is -2.60. The van der Waals surface area contributed by atoms with Gasteiger partial charge in [0.05, 0.1) is 34.6 Å². The maximum Gasteiger partial charge on any atom is 0.254 e. The van der Waals surface area contributed by atoms with E-state index >= 15 is 0 Å². The Labute approximate surface area is 268 Å². The Morgan fingerprint density at radius 2 is 1.79 bits per heavy atom. The van der Waals surface area contributed by atoms with Crippen LogP contribution < -0.4 is 9.64 Å². The first-order valence-corrected chi connectivity index (χ1v) is 15.8. The number of aromatic hydroxyl groups is 1. The first-order chi connectivity index (χ1) is 19.9. The zero-order chi connectivity index (χ0) is 30.3. The number of alkyl halides is 3. The molecule has 6 unspecified atom stereocenters. The number of imide groups is 2. The van der Waals surface area contributed by atoms with Crippen LogP contribution in [0.4, 0.5) is 5.69 Å². The second kappa shape index (κ2) is 10.2.